The summed E-state index contributed by atoms with van der Waals surface area (Å²) >= 11 is 12.1. The summed E-state index contributed by atoms with van der Waals surface area (Å²) < 4.78 is 0. The molecular formula is C16H14Cl2O. The molecule has 0 radical (unpaired) electrons. The minimum Gasteiger partial charge on any atom is -0.294 e. The van der Waals surface area contributed by atoms with Gasteiger partial charge in [-0.05, 0) is 18.1 Å². The SMILES string of the molecule is CC(Cc1cccc(Cl)c1Cl)C(=O)c1ccccc1. The lowest BCUT2D eigenvalue weighted by atomic mass is 9.93. The first-order valence-corrected chi connectivity index (χ1v) is 6.87. The molecule has 2 aromatic rings. The molecule has 0 aromatic heterocycles. The van der Waals surface area contributed by atoms with Crippen molar-refractivity contribution in [1.29, 1.82) is 0 Å². The number of ketones is 1. The Kier molecular flexibility index (Phi) is 4.62. The summed E-state index contributed by atoms with van der Waals surface area (Å²) in [6.45, 7) is 1.91. The van der Waals surface area contributed by atoms with E-state index in [1.165, 1.54) is 0 Å². The topological polar surface area (TPSA) is 17.1 Å². The molecule has 98 valence electrons. The van der Waals surface area contributed by atoms with E-state index >= 15 is 0 Å². The summed E-state index contributed by atoms with van der Waals surface area (Å²) in [5.74, 6) is -0.00462. The number of hydrogen-bond acceptors (Lipinski definition) is 1. The minimum absolute atomic E-state index is 0.122. The van der Waals surface area contributed by atoms with Crippen molar-refractivity contribution in [3.05, 3.63) is 69.7 Å². The number of Topliss-reactive ketones (excluding diaryl/α,β-unsaturated/α-hetero) is 1. The third kappa shape index (κ3) is 3.37. The summed E-state index contributed by atoms with van der Waals surface area (Å²) in [6.07, 6.45) is 0.590. The Bertz CT molecular complexity index is 579. The molecule has 1 unspecified atom stereocenters. The van der Waals surface area contributed by atoms with Gasteiger partial charge in [-0.2, -0.15) is 0 Å². The smallest absolute Gasteiger partial charge is 0.165 e. The summed E-state index contributed by atoms with van der Waals surface area (Å²) in [6, 6.07) is 14.8. The molecule has 0 amide bonds. The van der Waals surface area contributed by atoms with Gasteiger partial charge in [-0.1, -0.05) is 72.6 Å². The number of carbonyl (C=O) groups excluding carboxylic acids is 1. The first-order valence-electron chi connectivity index (χ1n) is 6.11. The molecular weight excluding hydrogens is 279 g/mol. The second-order valence-electron chi connectivity index (χ2n) is 4.55. The van der Waals surface area contributed by atoms with Crippen LogP contribution in [0.1, 0.15) is 22.8 Å². The lowest BCUT2D eigenvalue weighted by molar-refractivity contribution is 0.0929. The molecule has 0 N–H and O–H groups in total. The van der Waals surface area contributed by atoms with E-state index in [-0.39, 0.29) is 11.7 Å². The fraction of sp³-hybridized carbons (Fsp3) is 0.188. The molecule has 0 heterocycles. The number of halogens is 2. The summed E-state index contributed by atoms with van der Waals surface area (Å²) in [7, 11) is 0. The molecule has 1 atom stereocenters. The lowest BCUT2D eigenvalue weighted by Gasteiger charge is -2.12. The third-order valence-electron chi connectivity index (χ3n) is 3.06. The zero-order chi connectivity index (χ0) is 13.8. The van der Waals surface area contributed by atoms with Crippen LogP contribution in [0.5, 0.6) is 0 Å². The number of hydrogen-bond donors (Lipinski definition) is 0. The molecule has 0 saturated heterocycles. The van der Waals surface area contributed by atoms with Crippen molar-refractivity contribution < 1.29 is 4.79 Å². The van der Waals surface area contributed by atoms with Crippen LogP contribution in [0, 0.1) is 5.92 Å². The Morgan fingerprint density at radius 1 is 1.05 bits per heavy atom. The summed E-state index contributed by atoms with van der Waals surface area (Å²) in [5.41, 5.74) is 1.64. The van der Waals surface area contributed by atoms with Gasteiger partial charge in [-0.15, -0.1) is 0 Å². The van der Waals surface area contributed by atoms with Gasteiger partial charge in [0, 0.05) is 11.5 Å². The first-order chi connectivity index (χ1) is 9.09. The number of benzene rings is 2. The monoisotopic (exact) mass is 292 g/mol. The number of rotatable bonds is 4. The molecule has 1 nitrogen and oxygen atoms in total. The molecule has 0 fully saturated rings. The maximum absolute atomic E-state index is 12.3. The average Bonchev–Trinajstić information content (AvgIpc) is 2.44. The highest BCUT2D eigenvalue weighted by molar-refractivity contribution is 6.42. The van der Waals surface area contributed by atoms with Crippen LogP contribution in [0.4, 0.5) is 0 Å². The second kappa shape index (κ2) is 6.23. The van der Waals surface area contributed by atoms with Crippen LogP contribution in [0.2, 0.25) is 10.0 Å². The Hall–Kier alpha value is -1.31. The quantitative estimate of drug-likeness (QED) is 0.720. The lowest BCUT2D eigenvalue weighted by Crippen LogP contribution is -2.14. The fourth-order valence-corrected chi connectivity index (χ4v) is 2.41. The molecule has 0 saturated carbocycles. The number of carbonyl (C=O) groups is 1. The predicted octanol–water partition coefficient (Wildman–Crippen LogP) is 5.05. The zero-order valence-electron chi connectivity index (χ0n) is 10.6. The van der Waals surface area contributed by atoms with Crippen LogP contribution in [0.25, 0.3) is 0 Å². The standard InChI is InChI=1S/C16H14Cl2O/c1-11(16(19)12-6-3-2-4-7-12)10-13-8-5-9-14(17)15(13)18/h2-9,11H,10H2,1H3. The maximum atomic E-state index is 12.3. The molecule has 0 aliphatic rings. The van der Waals surface area contributed by atoms with Crippen LogP contribution in [0.3, 0.4) is 0 Å². The fourth-order valence-electron chi connectivity index (χ4n) is 2.02. The van der Waals surface area contributed by atoms with Crippen LogP contribution < -0.4 is 0 Å². The van der Waals surface area contributed by atoms with E-state index in [0.717, 1.165) is 11.1 Å². The molecule has 19 heavy (non-hydrogen) atoms. The van der Waals surface area contributed by atoms with Gasteiger partial charge in [0.2, 0.25) is 0 Å². The van der Waals surface area contributed by atoms with Crippen LogP contribution >= 0.6 is 23.2 Å². The van der Waals surface area contributed by atoms with Gasteiger partial charge in [0.15, 0.2) is 5.78 Å². The van der Waals surface area contributed by atoms with E-state index < -0.39 is 0 Å². The molecule has 0 aliphatic heterocycles. The first kappa shape index (κ1) is 14.1. The average molecular weight is 293 g/mol. The highest BCUT2D eigenvalue weighted by Crippen LogP contribution is 2.28. The summed E-state index contributed by atoms with van der Waals surface area (Å²) in [5, 5.41) is 1.07. The van der Waals surface area contributed by atoms with E-state index in [0.29, 0.717) is 16.5 Å². The van der Waals surface area contributed by atoms with E-state index in [4.69, 9.17) is 23.2 Å². The Labute approximate surface area is 123 Å². The van der Waals surface area contributed by atoms with Gasteiger partial charge in [-0.25, -0.2) is 0 Å². The van der Waals surface area contributed by atoms with Crippen LogP contribution in [-0.4, -0.2) is 5.78 Å². The maximum Gasteiger partial charge on any atom is 0.165 e. The van der Waals surface area contributed by atoms with Crippen molar-refractivity contribution in [3.63, 3.8) is 0 Å². The van der Waals surface area contributed by atoms with E-state index in [1.54, 1.807) is 6.07 Å². The van der Waals surface area contributed by atoms with E-state index in [9.17, 15) is 4.79 Å². The van der Waals surface area contributed by atoms with Gasteiger partial charge in [0.1, 0.15) is 0 Å². The zero-order valence-corrected chi connectivity index (χ0v) is 12.1. The second-order valence-corrected chi connectivity index (χ2v) is 5.33. The van der Waals surface area contributed by atoms with E-state index in [2.05, 4.69) is 0 Å². The molecule has 2 rings (SSSR count). The Morgan fingerprint density at radius 2 is 1.74 bits per heavy atom. The molecule has 0 spiro atoms. The van der Waals surface area contributed by atoms with Crippen molar-refractivity contribution in [2.75, 3.05) is 0 Å². The largest absolute Gasteiger partial charge is 0.294 e. The van der Waals surface area contributed by atoms with E-state index in [1.807, 2.05) is 49.4 Å². The van der Waals surface area contributed by atoms with Crippen molar-refractivity contribution in [2.24, 2.45) is 5.92 Å². The molecule has 0 bridgehead atoms. The van der Waals surface area contributed by atoms with Gasteiger partial charge in [0.25, 0.3) is 0 Å². The summed E-state index contributed by atoms with van der Waals surface area (Å²) in [4.78, 5) is 12.3. The molecule has 3 heteroatoms. The predicted molar refractivity (Wildman–Crippen MR) is 80.1 cm³/mol. The van der Waals surface area contributed by atoms with Gasteiger partial charge >= 0.3 is 0 Å². The Balaban J connectivity index is 2.15. The normalized spacial score (nSPS) is 12.2. The molecule has 2 aromatic carbocycles. The minimum atomic E-state index is -0.127. The van der Waals surface area contributed by atoms with Crippen molar-refractivity contribution in [1.82, 2.24) is 0 Å². The van der Waals surface area contributed by atoms with Crippen molar-refractivity contribution >= 4 is 29.0 Å². The van der Waals surface area contributed by atoms with Crippen molar-refractivity contribution in [3.8, 4) is 0 Å². The molecule has 0 aliphatic carbocycles. The van der Waals surface area contributed by atoms with Crippen LogP contribution in [-0.2, 0) is 6.42 Å². The van der Waals surface area contributed by atoms with Crippen molar-refractivity contribution in [2.45, 2.75) is 13.3 Å². The third-order valence-corrected chi connectivity index (χ3v) is 3.92. The van der Waals surface area contributed by atoms with Crippen LogP contribution in [0.15, 0.2) is 48.5 Å². The highest BCUT2D eigenvalue weighted by atomic mass is 35.5. The van der Waals surface area contributed by atoms with Gasteiger partial charge in [0.05, 0.1) is 10.0 Å². The highest BCUT2D eigenvalue weighted by Gasteiger charge is 2.17. The van der Waals surface area contributed by atoms with Gasteiger partial charge < -0.3 is 0 Å². The Morgan fingerprint density at radius 3 is 2.42 bits per heavy atom. The van der Waals surface area contributed by atoms with Gasteiger partial charge in [-0.3, -0.25) is 4.79 Å².